The lowest BCUT2D eigenvalue weighted by atomic mass is 10.1. The Balaban J connectivity index is 2.31. The minimum Gasteiger partial charge on any atom is -0.478 e. The summed E-state index contributed by atoms with van der Waals surface area (Å²) in [6.07, 6.45) is 0.971. The van der Waals surface area contributed by atoms with Crippen molar-refractivity contribution in [2.75, 3.05) is 11.1 Å². The summed E-state index contributed by atoms with van der Waals surface area (Å²) in [6.45, 7) is 2.09. The minimum absolute atomic E-state index is 0.203. The Bertz CT molecular complexity index is 592. The summed E-state index contributed by atoms with van der Waals surface area (Å²) >= 11 is 0. The van der Waals surface area contributed by atoms with E-state index >= 15 is 0 Å². The van der Waals surface area contributed by atoms with Crippen LogP contribution in [0.2, 0.25) is 0 Å². The Morgan fingerprint density at radius 3 is 2.47 bits per heavy atom. The lowest BCUT2D eigenvalue weighted by Crippen LogP contribution is -2.03. The van der Waals surface area contributed by atoms with E-state index < -0.39 is 5.97 Å². The predicted molar refractivity (Wildman–Crippen MR) is 76.9 cm³/mol. The van der Waals surface area contributed by atoms with Crippen molar-refractivity contribution in [2.45, 2.75) is 13.3 Å². The highest BCUT2D eigenvalue weighted by atomic mass is 16.4. The summed E-state index contributed by atoms with van der Waals surface area (Å²) in [6, 6.07) is 12.6. The molecule has 0 aromatic heterocycles. The van der Waals surface area contributed by atoms with Gasteiger partial charge in [0.2, 0.25) is 0 Å². The summed E-state index contributed by atoms with van der Waals surface area (Å²) in [5, 5.41) is 12.2. The number of aryl methyl sites for hydroxylation is 1. The molecule has 0 aliphatic rings. The second kappa shape index (κ2) is 5.44. The molecule has 4 heteroatoms. The van der Waals surface area contributed by atoms with Crippen LogP contribution in [0.25, 0.3) is 0 Å². The first kappa shape index (κ1) is 13.0. The second-order valence-corrected chi connectivity index (χ2v) is 4.29. The standard InChI is InChI=1S/C15H16N2O2/c1-2-10-3-6-12(7-4-10)17-14-9-11(16)5-8-13(14)15(18)19/h3-9,17H,2,16H2,1H3,(H,18,19). The van der Waals surface area contributed by atoms with E-state index in [0.29, 0.717) is 11.4 Å². The van der Waals surface area contributed by atoms with E-state index in [4.69, 9.17) is 10.8 Å². The number of aromatic carboxylic acids is 1. The molecule has 19 heavy (non-hydrogen) atoms. The lowest BCUT2D eigenvalue weighted by molar-refractivity contribution is 0.0698. The first-order valence-corrected chi connectivity index (χ1v) is 6.09. The average Bonchev–Trinajstić information content (AvgIpc) is 2.39. The molecule has 0 aliphatic carbocycles. The van der Waals surface area contributed by atoms with Crippen LogP contribution in [0, 0.1) is 0 Å². The van der Waals surface area contributed by atoms with Crippen molar-refractivity contribution in [1.29, 1.82) is 0 Å². The van der Waals surface area contributed by atoms with Crippen LogP contribution >= 0.6 is 0 Å². The number of carboxylic acid groups (broad SMARTS) is 1. The maximum absolute atomic E-state index is 11.1. The largest absolute Gasteiger partial charge is 0.478 e. The SMILES string of the molecule is CCc1ccc(Nc2cc(N)ccc2C(=O)O)cc1. The highest BCUT2D eigenvalue weighted by Crippen LogP contribution is 2.24. The van der Waals surface area contributed by atoms with E-state index in [2.05, 4.69) is 12.2 Å². The fourth-order valence-corrected chi connectivity index (χ4v) is 1.83. The molecule has 4 N–H and O–H groups in total. The summed E-state index contributed by atoms with van der Waals surface area (Å²) < 4.78 is 0. The third kappa shape index (κ3) is 3.04. The molecule has 0 unspecified atom stereocenters. The highest BCUT2D eigenvalue weighted by molar-refractivity contribution is 5.96. The van der Waals surface area contributed by atoms with Gasteiger partial charge in [-0.2, -0.15) is 0 Å². The van der Waals surface area contributed by atoms with Gasteiger partial charge in [0.1, 0.15) is 0 Å². The zero-order valence-corrected chi connectivity index (χ0v) is 10.7. The van der Waals surface area contributed by atoms with Crippen LogP contribution in [0.4, 0.5) is 17.1 Å². The van der Waals surface area contributed by atoms with Crippen LogP contribution in [0.5, 0.6) is 0 Å². The zero-order chi connectivity index (χ0) is 13.8. The smallest absolute Gasteiger partial charge is 0.337 e. The van der Waals surface area contributed by atoms with Gasteiger partial charge in [-0.05, 0) is 42.3 Å². The fourth-order valence-electron chi connectivity index (χ4n) is 1.83. The Morgan fingerprint density at radius 1 is 1.21 bits per heavy atom. The number of anilines is 3. The number of carbonyl (C=O) groups is 1. The summed E-state index contributed by atoms with van der Waals surface area (Å²) in [7, 11) is 0. The van der Waals surface area contributed by atoms with E-state index in [1.54, 1.807) is 12.1 Å². The van der Waals surface area contributed by atoms with E-state index in [1.807, 2.05) is 24.3 Å². The predicted octanol–water partition coefficient (Wildman–Crippen LogP) is 3.27. The third-order valence-corrected chi connectivity index (χ3v) is 2.92. The third-order valence-electron chi connectivity index (χ3n) is 2.92. The van der Waals surface area contributed by atoms with Crippen molar-refractivity contribution in [1.82, 2.24) is 0 Å². The van der Waals surface area contributed by atoms with E-state index in [-0.39, 0.29) is 5.56 Å². The molecule has 0 amide bonds. The molecule has 2 rings (SSSR count). The first-order valence-electron chi connectivity index (χ1n) is 6.09. The van der Waals surface area contributed by atoms with E-state index in [9.17, 15) is 4.79 Å². The zero-order valence-electron chi connectivity index (χ0n) is 10.7. The molecule has 0 aliphatic heterocycles. The molecule has 2 aromatic rings. The molecule has 0 radical (unpaired) electrons. The van der Waals surface area contributed by atoms with Crippen LogP contribution in [0.15, 0.2) is 42.5 Å². The van der Waals surface area contributed by atoms with Gasteiger partial charge in [-0.15, -0.1) is 0 Å². The van der Waals surface area contributed by atoms with E-state index in [1.165, 1.54) is 11.6 Å². The van der Waals surface area contributed by atoms with Crippen molar-refractivity contribution < 1.29 is 9.90 Å². The van der Waals surface area contributed by atoms with Crippen LogP contribution in [0.1, 0.15) is 22.8 Å². The molecule has 0 fully saturated rings. The Morgan fingerprint density at radius 2 is 1.89 bits per heavy atom. The molecule has 0 heterocycles. The van der Waals surface area contributed by atoms with Crippen LogP contribution in [-0.2, 0) is 6.42 Å². The number of rotatable bonds is 4. The van der Waals surface area contributed by atoms with Crippen molar-refractivity contribution in [3.8, 4) is 0 Å². The quantitative estimate of drug-likeness (QED) is 0.734. The van der Waals surface area contributed by atoms with Crippen LogP contribution in [-0.4, -0.2) is 11.1 Å². The summed E-state index contributed by atoms with van der Waals surface area (Å²) in [5.41, 5.74) is 8.99. The molecule has 0 atom stereocenters. The number of hydrogen-bond acceptors (Lipinski definition) is 3. The monoisotopic (exact) mass is 256 g/mol. The number of hydrogen-bond donors (Lipinski definition) is 3. The average molecular weight is 256 g/mol. The molecule has 98 valence electrons. The van der Waals surface area contributed by atoms with Gasteiger partial charge in [-0.3, -0.25) is 0 Å². The van der Waals surface area contributed by atoms with Gasteiger partial charge >= 0.3 is 5.97 Å². The van der Waals surface area contributed by atoms with Crippen molar-refractivity contribution in [2.24, 2.45) is 0 Å². The summed E-state index contributed by atoms with van der Waals surface area (Å²) in [5.74, 6) is -0.979. The summed E-state index contributed by atoms with van der Waals surface area (Å²) in [4.78, 5) is 11.1. The van der Waals surface area contributed by atoms with Gasteiger partial charge in [0.05, 0.1) is 11.3 Å². The van der Waals surface area contributed by atoms with Gasteiger partial charge in [0.25, 0.3) is 0 Å². The van der Waals surface area contributed by atoms with Gasteiger partial charge in [0.15, 0.2) is 0 Å². The molecular weight excluding hydrogens is 240 g/mol. The molecule has 0 bridgehead atoms. The first-order chi connectivity index (χ1) is 9.10. The van der Waals surface area contributed by atoms with E-state index in [0.717, 1.165) is 12.1 Å². The van der Waals surface area contributed by atoms with Gasteiger partial charge in [-0.25, -0.2) is 4.79 Å². The second-order valence-electron chi connectivity index (χ2n) is 4.29. The Labute approximate surface area is 111 Å². The number of benzene rings is 2. The van der Waals surface area contributed by atoms with Crippen LogP contribution < -0.4 is 11.1 Å². The minimum atomic E-state index is -0.979. The van der Waals surface area contributed by atoms with Crippen molar-refractivity contribution >= 4 is 23.0 Å². The lowest BCUT2D eigenvalue weighted by Gasteiger charge is -2.11. The maximum Gasteiger partial charge on any atom is 0.337 e. The molecular formula is C15H16N2O2. The number of nitrogens with two attached hydrogens (primary N) is 1. The molecule has 0 saturated heterocycles. The normalized spacial score (nSPS) is 10.2. The Kier molecular flexibility index (Phi) is 3.71. The van der Waals surface area contributed by atoms with Gasteiger partial charge in [0, 0.05) is 11.4 Å². The van der Waals surface area contributed by atoms with Gasteiger partial charge in [-0.1, -0.05) is 19.1 Å². The topological polar surface area (TPSA) is 75.3 Å². The van der Waals surface area contributed by atoms with Crippen LogP contribution in [0.3, 0.4) is 0 Å². The number of carboxylic acids is 1. The molecule has 0 saturated carbocycles. The maximum atomic E-state index is 11.1. The number of nitrogens with one attached hydrogen (secondary N) is 1. The van der Waals surface area contributed by atoms with Crippen molar-refractivity contribution in [3.05, 3.63) is 53.6 Å². The fraction of sp³-hybridized carbons (Fsp3) is 0.133. The van der Waals surface area contributed by atoms with Crippen molar-refractivity contribution in [3.63, 3.8) is 0 Å². The highest BCUT2D eigenvalue weighted by Gasteiger charge is 2.10. The molecule has 0 spiro atoms. The Hall–Kier alpha value is -2.49. The molecule has 4 nitrogen and oxygen atoms in total. The van der Waals surface area contributed by atoms with Gasteiger partial charge < -0.3 is 16.2 Å². The number of nitrogen functional groups attached to an aromatic ring is 1. The molecule has 2 aromatic carbocycles.